The first kappa shape index (κ1) is 36.3. The molecule has 1 aromatic carbocycles. The molecule has 9 aliphatic carbocycles. The Morgan fingerprint density at radius 1 is 0.962 bits per heavy atom. The summed E-state index contributed by atoms with van der Waals surface area (Å²) in [6.45, 7) is 11.8. The quantitative estimate of drug-likeness (QED) is 0.217. The number of alkyl halides is 3. The number of aliphatic hydroxyl groups excluding tert-OH is 1. The molecule has 0 saturated heterocycles. The topological polar surface area (TPSA) is 87.1 Å². The largest absolute Gasteiger partial charge is 0.450 e. The lowest BCUT2D eigenvalue weighted by atomic mass is 9.32. The number of Topliss-reactive ketones (excluding diaryl/α,β-unsaturated/α-hetero) is 1. The third-order valence-electron chi connectivity index (χ3n) is 16.8. The van der Waals surface area contributed by atoms with Crippen molar-refractivity contribution in [3.05, 3.63) is 59.2 Å². The second-order valence-electron chi connectivity index (χ2n) is 19.0. The van der Waals surface area contributed by atoms with Gasteiger partial charge in [0.1, 0.15) is 0 Å². The predicted octanol–water partition coefficient (Wildman–Crippen LogP) is 9.01. The van der Waals surface area contributed by atoms with E-state index in [9.17, 15) is 33.0 Å². The van der Waals surface area contributed by atoms with Gasteiger partial charge in [0, 0.05) is 33.9 Å². The molecule has 52 heavy (non-hydrogen) atoms. The van der Waals surface area contributed by atoms with Crippen LogP contribution in [0, 0.1) is 56.7 Å². The van der Waals surface area contributed by atoms with E-state index in [0.29, 0.717) is 56.1 Å². The van der Waals surface area contributed by atoms with Gasteiger partial charge in [0.15, 0.2) is 5.78 Å². The molecule has 0 aromatic heterocycles. The van der Waals surface area contributed by atoms with Crippen molar-refractivity contribution in [2.45, 2.75) is 117 Å². The highest BCUT2D eigenvalue weighted by molar-refractivity contribution is 6.10. The van der Waals surface area contributed by atoms with Crippen LogP contribution in [0.3, 0.4) is 0 Å². The van der Waals surface area contributed by atoms with Crippen LogP contribution in [0.2, 0.25) is 0 Å². The summed E-state index contributed by atoms with van der Waals surface area (Å²) >= 11 is 0. The summed E-state index contributed by atoms with van der Waals surface area (Å²) in [7, 11) is 0. The Bertz CT molecular complexity index is 1720. The van der Waals surface area contributed by atoms with E-state index in [0.717, 1.165) is 43.7 Å². The van der Waals surface area contributed by atoms with Crippen molar-refractivity contribution >= 4 is 11.9 Å². The standard InChI is InChI=1S/C43H56F3NO5/c1-6-52-36(50)47(24-27-10-11-28-21-31(27)37(28,2)3)25-41(51)17-14-34-39(41,5)16-13-33-38(4)15-12-30(48)22-40(38)18-19-42(33,34)32(23-40)35(49)26-8-7-9-29(20-26)43(44,45)46/h7-9,18-20,23,27-28,30-31,33-34,48,51H,6,10-17,21-22,24-25H2,1-5H3. The first-order valence-corrected chi connectivity index (χ1v) is 19.8. The summed E-state index contributed by atoms with van der Waals surface area (Å²) in [5.41, 5.74) is -3.73. The number of benzene rings is 1. The van der Waals surface area contributed by atoms with Gasteiger partial charge in [0.25, 0.3) is 0 Å². The average Bonchev–Trinajstić information content (AvgIpc) is 3.37. The SMILES string of the molecule is CCOC(=O)N(CC1CCC2CC1C2(C)C)CC1(O)CCC2C34C=CC5(C=C3C(=O)c3cccc(C(F)(F)F)c3)CC(O)CCC5(C)C4CCC21C. The summed E-state index contributed by atoms with van der Waals surface area (Å²) < 4.78 is 47.3. The lowest BCUT2D eigenvalue weighted by Crippen LogP contribution is -2.67. The van der Waals surface area contributed by atoms with Crippen LogP contribution in [-0.4, -0.2) is 58.4 Å². The highest BCUT2D eigenvalue weighted by Crippen LogP contribution is 2.78. The summed E-state index contributed by atoms with van der Waals surface area (Å²) in [6.07, 6.45) is 8.63. The molecule has 6 nitrogen and oxygen atoms in total. The normalized spacial score (nSPS) is 43.8. The molecule has 0 radical (unpaired) electrons. The van der Waals surface area contributed by atoms with Crippen molar-refractivity contribution in [1.29, 1.82) is 0 Å². The van der Waals surface area contributed by atoms with Crippen LogP contribution in [0.5, 0.6) is 0 Å². The Kier molecular flexibility index (Phi) is 8.16. The van der Waals surface area contributed by atoms with E-state index in [1.807, 2.05) is 6.08 Å². The van der Waals surface area contributed by atoms with Crippen LogP contribution in [0.25, 0.3) is 0 Å². The second kappa shape index (κ2) is 11.7. The van der Waals surface area contributed by atoms with Crippen molar-refractivity contribution < 1.29 is 37.7 Å². The number of hydrogen-bond acceptors (Lipinski definition) is 5. The maximum atomic E-state index is 14.8. The molecule has 2 spiro atoms. The number of hydrogen-bond donors (Lipinski definition) is 2. The molecule has 10 rings (SSSR count). The van der Waals surface area contributed by atoms with Gasteiger partial charge in [-0.05, 0) is 124 Å². The maximum absolute atomic E-state index is 14.8. The molecular weight excluding hydrogens is 667 g/mol. The van der Waals surface area contributed by atoms with Crippen LogP contribution in [0.15, 0.2) is 48.1 Å². The van der Waals surface area contributed by atoms with Gasteiger partial charge in [-0.25, -0.2) is 4.79 Å². The van der Waals surface area contributed by atoms with E-state index < -0.39 is 51.6 Å². The Morgan fingerprint density at radius 3 is 2.37 bits per heavy atom. The first-order chi connectivity index (χ1) is 24.4. The van der Waals surface area contributed by atoms with Crippen LogP contribution in [-0.2, 0) is 10.9 Å². The maximum Gasteiger partial charge on any atom is 0.416 e. The molecule has 6 fully saturated rings. The number of fused-ring (bicyclic) bond motifs is 3. The molecule has 0 heterocycles. The smallest absolute Gasteiger partial charge is 0.416 e. The zero-order valence-corrected chi connectivity index (χ0v) is 31.4. The molecule has 284 valence electrons. The van der Waals surface area contributed by atoms with Gasteiger partial charge in [-0.2, -0.15) is 13.2 Å². The van der Waals surface area contributed by atoms with E-state index in [-0.39, 0.29) is 41.4 Å². The molecule has 6 saturated carbocycles. The fourth-order valence-corrected chi connectivity index (χ4v) is 13.8. The Morgan fingerprint density at radius 2 is 1.67 bits per heavy atom. The zero-order chi connectivity index (χ0) is 37.3. The van der Waals surface area contributed by atoms with Crippen molar-refractivity contribution in [3.63, 3.8) is 0 Å². The minimum Gasteiger partial charge on any atom is -0.450 e. The van der Waals surface area contributed by atoms with E-state index in [2.05, 4.69) is 39.8 Å². The Balaban J connectivity index is 1.18. The van der Waals surface area contributed by atoms with Gasteiger partial charge in [-0.3, -0.25) is 4.79 Å². The number of carbonyl (C=O) groups excluding carboxylic acids is 2. The van der Waals surface area contributed by atoms with E-state index in [4.69, 9.17) is 4.74 Å². The highest BCUT2D eigenvalue weighted by atomic mass is 19.4. The van der Waals surface area contributed by atoms with Crippen LogP contribution < -0.4 is 0 Å². The van der Waals surface area contributed by atoms with Crippen LogP contribution >= 0.6 is 0 Å². The van der Waals surface area contributed by atoms with E-state index in [1.165, 1.54) is 18.6 Å². The van der Waals surface area contributed by atoms with Crippen molar-refractivity contribution in [3.8, 4) is 0 Å². The fourth-order valence-electron chi connectivity index (χ4n) is 13.8. The third-order valence-corrected chi connectivity index (χ3v) is 16.8. The number of nitrogens with zero attached hydrogens (tertiary/aromatic N) is 1. The lowest BCUT2D eigenvalue weighted by molar-refractivity contribution is -0.176. The monoisotopic (exact) mass is 723 g/mol. The van der Waals surface area contributed by atoms with Crippen LogP contribution in [0.1, 0.15) is 115 Å². The Labute approximate surface area is 306 Å². The third kappa shape index (κ3) is 4.81. The van der Waals surface area contributed by atoms with Gasteiger partial charge in [0.2, 0.25) is 0 Å². The molecule has 11 unspecified atom stereocenters. The number of ether oxygens (including phenoxy) is 1. The summed E-state index contributed by atoms with van der Waals surface area (Å²) in [5.74, 6) is 0.997. The van der Waals surface area contributed by atoms with E-state index >= 15 is 0 Å². The number of rotatable bonds is 7. The lowest BCUT2D eigenvalue weighted by Gasteiger charge is -2.71. The van der Waals surface area contributed by atoms with Gasteiger partial charge < -0.3 is 19.8 Å². The van der Waals surface area contributed by atoms with Crippen molar-refractivity contribution in [1.82, 2.24) is 4.90 Å². The average molecular weight is 724 g/mol. The number of amides is 1. The zero-order valence-electron chi connectivity index (χ0n) is 31.4. The highest BCUT2D eigenvalue weighted by Gasteiger charge is 2.74. The minimum absolute atomic E-state index is 0.00451. The predicted molar refractivity (Wildman–Crippen MR) is 191 cm³/mol. The molecule has 0 aliphatic heterocycles. The van der Waals surface area contributed by atoms with Crippen molar-refractivity contribution in [2.24, 2.45) is 56.7 Å². The molecule has 1 aromatic rings. The van der Waals surface area contributed by atoms with Gasteiger partial charge in [-0.15, -0.1) is 0 Å². The molecule has 1 amide bonds. The minimum atomic E-state index is -4.59. The molecule has 9 aliphatic rings. The number of carbonyl (C=O) groups is 2. The van der Waals surface area contributed by atoms with Gasteiger partial charge in [0.05, 0.1) is 30.4 Å². The molecule has 9 heteroatoms. The van der Waals surface area contributed by atoms with E-state index in [1.54, 1.807) is 11.8 Å². The van der Waals surface area contributed by atoms with Crippen molar-refractivity contribution in [2.75, 3.05) is 19.7 Å². The first-order valence-electron chi connectivity index (χ1n) is 19.8. The number of halogens is 3. The molecular formula is C43H56F3NO5. The van der Waals surface area contributed by atoms with Gasteiger partial charge >= 0.3 is 12.3 Å². The number of ketones is 1. The Hall–Kier alpha value is -2.65. The number of allylic oxidation sites excluding steroid dienone is 4. The molecule has 2 N–H and O–H groups in total. The number of aliphatic hydroxyl groups is 2. The van der Waals surface area contributed by atoms with Gasteiger partial charge in [-0.1, -0.05) is 58.1 Å². The second-order valence-corrected chi connectivity index (χ2v) is 19.0. The molecule has 11 atom stereocenters. The summed E-state index contributed by atoms with van der Waals surface area (Å²) in [4.78, 5) is 30.3. The van der Waals surface area contributed by atoms with Crippen LogP contribution in [0.4, 0.5) is 18.0 Å². The molecule has 4 bridgehead atoms. The fraction of sp³-hybridized carbons (Fsp3) is 0.721. The summed E-state index contributed by atoms with van der Waals surface area (Å²) in [5, 5.41) is 24.0. The summed E-state index contributed by atoms with van der Waals surface area (Å²) in [6, 6.07) is 4.74.